The van der Waals surface area contributed by atoms with Crippen LogP contribution in [-0.4, -0.2) is 0 Å². The molecule has 0 aromatic heterocycles. The predicted molar refractivity (Wildman–Crippen MR) is 144 cm³/mol. The first-order valence-electron chi connectivity index (χ1n) is 9.18. The fourth-order valence-corrected chi connectivity index (χ4v) is 12.6. The van der Waals surface area contributed by atoms with Crippen LogP contribution in [0.3, 0.4) is 0 Å². The van der Waals surface area contributed by atoms with Crippen molar-refractivity contribution in [1.29, 1.82) is 0 Å². The van der Waals surface area contributed by atoms with Gasteiger partial charge in [-0.25, -0.2) is 0 Å². The van der Waals surface area contributed by atoms with Crippen molar-refractivity contribution in [2.24, 2.45) is 0 Å². The number of rotatable bonds is 5. The average Bonchev–Trinajstić information content (AvgIpc) is 2.78. The van der Waals surface area contributed by atoms with E-state index < -0.39 is 5.53 Å². The van der Waals surface area contributed by atoms with Gasteiger partial charge in [-0.15, -0.1) is 0 Å². The monoisotopic (exact) mass is 668 g/mol. The van der Waals surface area contributed by atoms with Gasteiger partial charge in [-0.1, -0.05) is 0 Å². The van der Waals surface area contributed by atoms with Crippen molar-refractivity contribution in [2.75, 3.05) is 0 Å². The Labute approximate surface area is 210 Å². The molecule has 0 heterocycles. The molecule has 0 spiro atoms. The van der Waals surface area contributed by atoms with Gasteiger partial charge in [0.1, 0.15) is 0 Å². The third-order valence-electron chi connectivity index (χ3n) is 4.88. The number of hydrogen-bond donors (Lipinski definition) is 0. The van der Waals surface area contributed by atoms with E-state index in [0.29, 0.717) is 0 Å². The van der Waals surface area contributed by atoms with Crippen LogP contribution < -0.4 is 20.4 Å². The Bertz CT molecular complexity index is 1050. The van der Waals surface area contributed by atoms with Crippen LogP contribution >= 0.6 is 68.8 Å². The van der Waals surface area contributed by atoms with Crippen LogP contribution in [0.2, 0.25) is 0 Å². The summed E-state index contributed by atoms with van der Waals surface area (Å²) in [5.74, 6) is 0.740. The maximum atomic E-state index is 7.20. The van der Waals surface area contributed by atoms with E-state index in [2.05, 4.69) is 136 Å². The molecule has 6 heteroatoms. The summed E-state index contributed by atoms with van der Waals surface area (Å²) in [4.78, 5) is 0. The van der Waals surface area contributed by atoms with Gasteiger partial charge in [-0.3, -0.25) is 0 Å². The molecule has 0 fully saturated rings. The Kier molecular flexibility index (Phi) is 6.58. The Morgan fingerprint density at radius 2 is 0.867 bits per heavy atom. The van der Waals surface area contributed by atoms with Crippen LogP contribution in [0, 0.1) is 0 Å². The van der Waals surface area contributed by atoms with E-state index in [0.717, 1.165) is 35.1 Å². The van der Waals surface area contributed by atoms with Crippen LogP contribution in [0.25, 0.3) is 0 Å². The number of hydrogen-bond acceptors (Lipinski definition) is 1. The normalized spacial score (nSPS) is 12.7. The van der Waals surface area contributed by atoms with Crippen molar-refractivity contribution in [3.8, 4) is 5.75 Å². The van der Waals surface area contributed by atoms with Gasteiger partial charge in [0, 0.05) is 0 Å². The maximum absolute atomic E-state index is 7.20. The Morgan fingerprint density at radius 1 is 0.533 bits per heavy atom. The van der Waals surface area contributed by atoms with E-state index >= 15 is 0 Å². The van der Waals surface area contributed by atoms with Gasteiger partial charge in [-0.05, 0) is 0 Å². The zero-order valence-corrected chi connectivity index (χ0v) is 22.9. The molecule has 4 aromatic rings. The van der Waals surface area contributed by atoms with Crippen LogP contribution in [0.1, 0.15) is 0 Å². The van der Waals surface area contributed by atoms with Crippen LogP contribution in [0.15, 0.2) is 117 Å². The van der Waals surface area contributed by atoms with Crippen LogP contribution in [0.5, 0.6) is 5.75 Å². The summed E-state index contributed by atoms with van der Waals surface area (Å²) in [5, 5.41) is 3.26. The second-order valence-electron chi connectivity index (χ2n) is 6.73. The molecule has 0 saturated carbocycles. The zero-order valence-electron chi connectivity index (χ0n) is 15.7. The molecule has 0 atom stereocenters. The third-order valence-corrected chi connectivity index (χ3v) is 14.8. The quantitative estimate of drug-likeness (QED) is 0.195. The number of halogens is 4. The second-order valence-corrected chi connectivity index (χ2v) is 17.0. The van der Waals surface area contributed by atoms with Crippen molar-refractivity contribution in [3.05, 3.63) is 117 Å². The Hall–Kier alpha value is -0.970. The molecule has 0 radical (unpaired) electrons. The molecule has 0 saturated heterocycles. The molecule has 0 unspecified atom stereocenters. The van der Waals surface area contributed by atoms with Crippen molar-refractivity contribution >= 4 is 84.7 Å². The third kappa shape index (κ3) is 3.84. The van der Waals surface area contributed by atoms with Gasteiger partial charge >= 0.3 is 212 Å². The van der Waals surface area contributed by atoms with Crippen LogP contribution in [-0.2, 0) is 0 Å². The van der Waals surface area contributed by atoms with Gasteiger partial charge in [0.05, 0.1) is 0 Å². The van der Waals surface area contributed by atoms with Gasteiger partial charge in [0.25, 0.3) is 0 Å². The fourth-order valence-electron chi connectivity index (χ4n) is 3.48. The molecule has 152 valence electrons. The molecule has 0 N–H and O–H groups in total. The molecule has 30 heavy (non-hydrogen) atoms. The second kappa shape index (κ2) is 8.88. The van der Waals surface area contributed by atoms with E-state index in [1.807, 2.05) is 30.3 Å². The SMILES string of the molecule is Brc1cc(Br)c(OP(Br)(c2ccccc2)(c2ccccc2)c2ccccc2)c(Br)c1. The molecule has 4 aromatic carbocycles. The molecule has 0 aliphatic heterocycles. The minimum atomic E-state index is -3.53. The first kappa shape index (κ1) is 22.2. The summed E-state index contributed by atoms with van der Waals surface area (Å²) in [6, 6.07) is 35.2. The molecule has 0 amide bonds. The van der Waals surface area contributed by atoms with E-state index in [9.17, 15) is 0 Å². The Morgan fingerprint density at radius 3 is 1.20 bits per heavy atom. The van der Waals surface area contributed by atoms with Gasteiger partial charge in [-0.2, -0.15) is 0 Å². The molecule has 1 nitrogen and oxygen atoms in total. The summed E-state index contributed by atoms with van der Waals surface area (Å²) in [5.41, 5.74) is -3.53. The van der Waals surface area contributed by atoms with E-state index in [1.165, 1.54) is 0 Å². The molecule has 0 bridgehead atoms. The minimum absolute atomic E-state index is 0.740. The summed E-state index contributed by atoms with van der Waals surface area (Å²) in [6.07, 6.45) is 0. The zero-order chi connectivity index (χ0) is 21.2. The van der Waals surface area contributed by atoms with Crippen molar-refractivity contribution in [1.82, 2.24) is 0 Å². The number of benzene rings is 4. The molecule has 0 aliphatic carbocycles. The van der Waals surface area contributed by atoms with Gasteiger partial charge < -0.3 is 0 Å². The topological polar surface area (TPSA) is 9.23 Å². The van der Waals surface area contributed by atoms with E-state index in [1.54, 1.807) is 0 Å². The molecular formula is C24H17Br4OP. The fraction of sp³-hybridized carbons (Fsp3) is 0. The van der Waals surface area contributed by atoms with Crippen molar-refractivity contribution in [3.63, 3.8) is 0 Å². The van der Waals surface area contributed by atoms with Crippen molar-refractivity contribution in [2.45, 2.75) is 0 Å². The molecule has 4 rings (SSSR count). The first-order valence-corrected chi connectivity index (χ1v) is 15.7. The first-order chi connectivity index (χ1) is 14.4. The standard InChI is InChI=1S/C24H17Br4OP/c25-18-16-22(26)24(23(27)17-18)29-30(28,19-10-4-1-5-11-19,20-12-6-2-7-13-20)21-14-8-3-9-15-21/h1-17H. The van der Waals surface area contributed by atoms with Gasteiger partial charge in [0.2, 0.25) is 0 Å². The summed E-state index contributed by atoms with van der Waals surface area (Å²) in [7, 11) is 0. The molecule has 0 aliphatic rings. The molecular weight excluding hydrogens is 655 g/mol. The van der Waals surface area contributed by atoms with E-state index in [-0.39, 0.29) is 0 Å². The Balaban J connectivity index is 2.12. The van der Waals surface area contributed by atoms with Gasteiger partial charge in [0.15, 0.2) is 0 Å². The van der Waals surface area contributed by atoms with E-state index in [4.69, 9.17) is 4.52 Å². The van der Waals surface area contributed by atoms with Crippen LogP contribution in [0.4, 0.5) is 0 Å². The summed E-state index contributed by atoms with van der Waals surface area (Å²) in [6.45, 7) is 0. The summed E-state index contributed by atoms with van der Waals surface area (Å²) >= 11 is 15.3. The average molecular weight is 672 g/mol. The summed E-state index contributed by atoms with van der Waals surface area (Å²) < 4.78 is 9.88. The van der Waals surface area contributed by atoms with Crippen molar-refractivity contribution < 1.29 is 4.52 Å². The predicted octanol–water partition coefficient (Wildman–Crippen LogP) is 8.11.